The molecule has 0 aliphatic carbocycles. The molecule has 0 radical (unpaired) electrons. The Bertz CT molecular complexity index is 1280. The summed E-state index contributed by atoms with van der Waals surface area (Å²) in [5.74, 6) is -2.51. The maximum absolute atomic E-state index is 13.5. The van der Waals surface area contributed by atoms with Gasteiger partial charge >= 0.3 is 12.1 Å². The second-order valence-corrected chi connectivity index (χ2v) is 7.32. The van der Waals surface area contributed by atoms with E-state index in [4.69, 9.17) is 0 Å². The molecule has 0 aliphatic rings. The number of hydrogen-bond donors (Lipinski definition) is 0. The van der Waals surface area contributed by atoms with Crippen molar-refractivity contribution in [2.45, 2.75) is 25.9 Å². The number of carbonyl (C=O) groups is 1. The number of rotatable bonds is 6. The predicted octanol–water partition coefficient (Wildman–Crippen LogP) is 5.29. The number of unbranched alkanes of at least 4 members (excludes halogenated alkanes) is 1. The maximum atomic E-state index is 13.5. The van der Waals surface area contributed by atoms with E-state index in [9.17, 15) is 22.4 Å². The lowest BCUT2D eigenvalue weighted by molar-refractivity contribution is -0.170. The lowest BCUT2D eigenvalue weighted by Crippen LogP contribution is -2.42. The van der Waals surface area contributed by atoms with Crippen LogP contribution in [0, 0.1) is 5.82 Å². The predicted molar refractivity (Wildman–Crippen MR) is 115 cm³/mol. The summed E-state index contributed by atoms with van der Waals surface area (Å²) in [4.78, 5) is 21.4. The first-order valence-corrected chi connectivity index (χ1v) is 10.2. The molecule has 3 aromatic heterocycles. The zero-order valence-corrected chi connectivity index (χ0v) is 17.6. The number of carbonyl (C=O) groups excluding carboxylic acids is 1. The fourth-order valence-electron chi connectivity index (χ4n) is 3.46. The summed E-state index contributed by atoms with van der Waals surface area (Å²) in [6.45, 7) is 1.70. The molecule has 1 aromatic carbocycles. The highest BCUT2D eigenvalue weighted by Crippen LogP contribution is 2.34. The third kappa shape index (κ3) is 4.55. The molecule has 33 heavy (non-hydrogen) atoms. The van der Waals surface area contributed by atoms with Gasteiger partial charge in [0.05, 0.1) is 5.69 Å². The SMILES string of the molecule is CCCCN(C(=O)C(F)(F)F)c1cc(-c2c(-c3ccc(F)cc3)nc3cccnn23)ccn1. The Morgan fingerprint density at radius 3 is 2.52 bits per heavy atom. The number of halogens is 4. The molecule has 4 aromatic rings. The molecule has 0 saturated carbocycles. The standard InChI is InChI=1S/C23H19F4N5O/c1-2-3-13-31(22(33)23(25,26)27)19-14-16(10-12-28-19)21-20(15-6-8-17(24)9-7-15)30-18-5-4-11-29-32(18)21/h4-12,14H,2-3,13H2,1H3. The lowest BCUT2D eigenvalue weighted by atomic mass is 10.1. The Hall–Kier alpha value is -3.82. The molecule has 3 heterocycles. The van der Waals surface area contributed by atoms with Gasteiger partial charge in [-0.15, -0.1) is 0 Å². The van der Waals surface area contributed by atoms with E-state index in [0.29, 0.717) is 45.9 Å². The zero-order valence-electron chi connectivity index (χ0n) is 17.6. The summed E-state index contributed by atoms with van der Waals surface area (Å²) < 4.78 is 54.7. The third-order valence-corrected chi connectivity index (χ3v) is 5.03. The quantitative estimate of drug-likeness (QED) is 0.369. The number of benzene rings is 1. The summed E-state index contributed by atoms with van der Waals surface area (Å²) in [6, 6.07) is 12.1. The van der Waals surface area contributed by atoms with Gasteiger partial charge in [-0.25, -0.2) is 18.9 Å². The fourth-order valence-corrected chi connectivity index (χ4v) is 3.46. The molecule has 0 aliphatic heterocycles. The third-order valence-electron chi connectivity index (χ3n) is 5.03. The molecule has 0 unspecified atom stereocenters. The van der Waals surface area contributed by atoms with Gasteiger partial charge < -0.3 is 0 Å². The average Bonchev–Trinajstić information content (AvgIpc) is 3.19. The van der Waals surface area contributed by atoms with Crippen molar-refractivity contribution in [1.82, 2.24) is 19.6 Å². The molecule has 6 nitrogen and oxygen atoms in total. The monoisotopic (exact) mass is 457 g/mol. The fraction of sp³-hybridized carbons (Fsp3) is 0.217. The lowest BCUT2D eigenvalue weighted by Gasteiger charge is -2.23. The largest absolute Gasteiger partial charge is 0.471 e. The number of amides is 1. The molecular weight excluding hydrogens is 438 g/mol. The Labute approximate surface area is 186 Å². The topological polar surface area (TPSA) is 63.4 Å². The van der Waals surface area contributed by atoms with Crippen LogP contribution in [0.25, 0.3) is 28.2 Å². The van der Waals surface area contributed by atoms with Crippen molar-refractivity contribution in [2.24, 2.45) is 0 Å². The molecule has 0 N–H and O–H groups in total. The van der Waals surface area contributed by atoms with Gasteiger partial charge in [0, 0.05) is 30.1 Å². The van der Waals surface area contributed by atoms with Crippen LogP contribution < -0.4 is 4.90 Å². The summed E-state index contributed by atoms with van der Waals surface area (Å²) >= 11 is 0. The van der Waals surface area contributed by atoms with Crippen LogP contribution in [0.5, 0.6) is 0 Å². The van der Waals surface area contributed by atoms with Gasteiger partial charge in [0.25, 0.3) is 0 Å². The Kier molecular flexibility index (Phi) is 6.08. The van der Waals surface area contributed by atoms with Crippen molar-refractivity contribution in [3.05, 3.63) is 66.7 Å². The van der Waals surface area contributed by atoms with Gasteiger partial charge in [-0.2, -0.15) is 18.3 Å². The van der Waals surface area contributed by atoms with Crippen LogP contribution in [-0.4, -0.2) is 38.2 Å². The van der Waals surface area contributed by atoms with Crippen molar-refractivity contribution < 1.29 is 22.4 Å². The second kappa shape index (κ2) is 8.97. The van der Waals surface area contributed by atoms with E-state index in [0.717, 1.165) is 0 Å². The molecule has 170 valence electrons. The van der Waals surface area contributed by atoms with Crippen LogP contribution in [-0.2, 0) is 4.79 Å². The minimum Gasteiger partial charge on any atom is -0.289 e. The molecular formula is C23H19F4N5O. The Morgan fingerprint density at radius 1 is 1.06 bits per heavy atom. The van der Waals surface area contributed by atoms with Crippen LogP contribution in [0.2, 0.25) is 0 Å². The summed E-state index contributed by atoms with van der Waals surface area (Å²) in [7, 11) is 0. The van der Waals surface area contributed by atoms with E-state index in [1.807, 2.05) is 6.92 Å². The Balaban J connectivity index is 1.87. The molecule has 0 bridgehead atoms. The van der Waals surface area contributed by atoms with E-state index in [1.165, 1.54) is 24.4 Å². The molecule has 0 atom stereocenters. The van der Waals surface area contributed by atoms with E-state index < -0.39 is 17.9 Å². The van der Waals surface area contributed by atoms with Gasteiger partial charge in [0.2, 0.25) is 0 Å². The first-order chi connectivity index (χ1) is 15.8. The zero-order chi connectivity index (χ0) is 23.6. The number of pyridine rings is 1. The second-order valence-electron chi connectivity index (χ2n) is 7.32. The molecule has 4 rings (SSSR count). The number of alkyl halides is 3. The van der Waals surface area contributed by atoms with Gasteiger partial charge in [-0.3, -0.25) is 9.69 Å². The van der Waals surface area contributed by atoms with Crippen LogP contribution in [0.15, 0.2) is 60.9 Å². The van der Waals surface area contributed by atoms with Crippen molar-refractivity contribution in [3.8, 4) is 22.5 Å². The van der Waals surface area contributed by atoms with E-state index in [2.05, 4.69) is 15.1 Å². The summed E-state index contributed by atoms with van der Waals surface area (Å²) in [5, 5.41) is 4.32. The molecule has 1 amide bonds. The molecule has 0 saturated heterocycles. The highest BCUT2D eigenvalue weighted by molar-refractivity contribution is 5.97. The van der Waals surface area contributed by atoms with Crippen molar-refractivity contribution in [1.29, 1.82) is 0 Å². The number of hydrogen-bond acceptors (Lipinski definition) is 4. The normalized spacial score (nSPS) is 11.7. The van der Waals surface area contributed by atoms with E-state index in [-0.39, 0.29) is 12.4 Å². The van der Waals surface area contributed by atoms with Crippen molar-refractivity contribution in [2.75, 3.05) is 11.4 Å². The number of anilines is 1. The van der Waals surface area contributed by atoms with Crippen LogP contribution in [0.3, 0.4) is 0 Å². The van der Waals surface area contributed by atoms with E-state index in [1.54, 1.807) is 41.0 Å². The summed E-state index contributed by atoms with van der Waals surface area (Å²) in [5.41, 5.74) is 2.51. The Morgan fingerprint density at radius 2 is 1.82 bits per heavy atom. The highest BCUT2D eigenvalue weighted by atomic mass is 19.4. The van der Waals surface area contributed by atoms with Crippen molar-refractivity contribution in [3.63, 3.8) is 0 Å². The van der Waals surface area contributed by atoms with Gasteiger partial charge in [-0.1, -0.05) is 13.3 Å². The minimum absolute atomic E-state index is 0.123. The number of imidazole rings is 1. The van der Waals surface area contributed by atoms with Crippen molar-refractivity contribution >= 4 is 17.4 Å². The molecule has 0 fully saturated rings. The highest BCUT2D eigenvalue weighted by Gasteiger charge is 2.43. The number of aromatic nitrogens is 4. The first-order valence-electron chi connectivity index (χ1n) is 10.2. The van der Waals surface area contributed by atoms with Gasteiger partial charge in [-0.05, 0) is 55.0 Å². The number of nitrogens with zero attached hydrogens (tertiary/aromatic N) is 5. The average molecular weight is 457 g/mol. The van der Waals surface area contributed by atoms with Crippen LogP contribution >= 0.6 is 0 Å². The number of fused-ring (bicyclic) bond motifs is 1. The van der Waals surface area contributed by atoms with Crippen LogP contribution in [0.1, 0.15) is 19.8 Å². The first kappa shape index (κ1) is 22.4. The van der Waals surface area contributed by atoms with Gasteiger partial charge in [0.1, 0.15) is 17.3 Å². The van der Waals surface area contributed by atoms with Crippen LogP contribution in [0.4, 0.5) is 23.4 Å². The maximum Gasteiger partial charge on any atom is 0.471 e. The minimum atomic E-state index is -5.03. The van der Waals surface area contributed by atoms with Gasteiger partial charge in [0.15, 0.2) is 5.65 Å². The molecule has 0 spiro atoms. The molecule has 10 heteroatoms. The van der Waals surface area contributed by atoms with E-state index >= 15 is 0 Å². The smallest absolute Gasteiger partial charge is 0.289 e. The summed E-state index contributed by atoms with van der Waals surface area (Å²) in [6.07, 6.45) is -1.16.